The van der Waals surface area contributed by atoms with Crippen molar-refractivity contribution in [2.75, 3.05) is 44.3 Å². The monoisotopic (exact) mass is 468 g/mol. The highest BCUT2D eigenvalue weighted by molar-refractivity contribution is 7.22. The van der Waals surface area contributed by atoms with E-state index in [0.29, 0.717) is 47.7 Å². The molecule has 4 aromatic rings. The predicted molar refractivity (Wildman–Crippen MR) is 126 cm³/mol. The van der Waals surface area contributed by atoms with Crippen LogP contribution in [0.5, 0.6) is 0 Å². The van der Waals surface area contributed by atoms with Crippen LogP contribution < -0.4 is 4.90 Å². The van der Waals surface area contributed by atoms with Gasteiger partial charge in [-0.3, -0.25) is 14.6 Å². The summed E-state index contributed by atoms with van der Waals surface area (Å²) in [7, 11) is 0. The fourth-order valence-electron chi connectivity index (χ4n) is 3.62. The maximum absolute atomic E-state index is 13.5. The van der Waals surface area contributed by atoms with Crippen molar-refractivity contribution in [2.24, 2.45) is 0 Å². The van der Waals surface area contributed by atoms with Crippen molar-refractivity contribution in [3.8, 4) is 11.3 Å². The van der Waals surface area contributed by atoms with Crippen molar-refractivity contribution in [2.45, 2.75) is 0 Å². The van der Waals surface area contributed by atoms with Gasteiger partial charge in [-0.05, 0) is 12.1 Å². The minimum absolute atomic E-state index is 0.246. The molecule has 0 radical (unpaired) electrons. The molecule has 164 valence electrons. The lowest BCUT2D eigenvalue weighted by Crippen LogP contribution is -2.43. The fourth-order valence-corrected chi connectivity index (χ4v) is 4.91. The zero-order chi connectivity index (χ0) is 21.9. The minimum Gasteiger partial charge on any atom is -0.379 e. The maximum atomic E-state index is 13.5. The van der Waals surface area contributed by atoms with Crippen LogP contribution >= 0.6 is 22.9 Å². The Hall–Kier alpha value is -2.78. The number of thiazole rings is 1. The van der Waals surface area contributed by atoms with Gasteiger partial charge >= 0.3 is 0 Å². The van der Waals surface area contributed by atoms with Crippen LogP contribution in [0.25, 0.3) is 21.5 Å². The smallest absolute Gasteiger partial charge is 0.282 e. The standard InChI is InChI=1S/C23H21ClN4O3S/c24-17-7-4-8-20-21(17)25-23(32-20)28(10-9-27-11-13-30-14-12-27)22(29)18-15-19(31-26-18)16-5-2-1-3-6-16/h1-8,15H,9-14H2. The van der Waals surface area contributed by atoms with Crippen LogP contribution in [-0.2, 0) is 4.74 Å². The van der Waals surface area contributed by atoms with Crippen molar-refractivity contribution in [3.63, 3.8) is 0 Å². The number of anilines is 1. The second kappa shape index (κ2) is 9.38. The summed E-state index contributed by atoms with van der Waals surface area (Å²) in [5.41, 5.74) is 1.81. The Kier molecular flexibility index (Phi) is 6.18. The third-order valence-electron chi connectivity index (χ3n) is 5.37. The first-order chi connectivity index (χ1) is 15.7. The van der Waals surface area contributed by atoms with Gasteiger partial charge in [0.05, 0.1) is 22.9 Å². The summed E-state index contributed by atoms with van der Waals surface area (Å²) in [6.45, 7) is 4.28. The summed E-state index contributed by atoms with van der Waals surface area (Å²) >= 11 is 7.77. The van der Waals surface area contributed by atoms with Crippen LogP contribution in [0.2, 0.25) is 5.02 Å². The van der Waals surface area contributed by atoms with E-state index in [2.05, 4.69) is 15.0 Å². The Labute approximate surface area is 194 Å². The highest BCUT2D eigenvalue weighted by Gasteiger charge is 2.26. The van der Waals surface area contributed by atoms with E-state index in [1.807, 2.05) is 42.5 Å². The normalized spacial score (nSPS) is 14.7. The fraction of sp³-hybridized carbons (Fsp3) is 0.261. The molecule has 1 amide bonds. The molecule has 5 rings (SSSR count). The number of para-hydroxylation sites is 1. The average molecular weight is 469 g/mol. The lowest BCUT2D eigenvalue weighted by Gasteiger charge is -2.28. The average Bonchev–Trinajstić information content (AvgIpc) is 3.49. The Morgan fingerprint density at radius 1 is 1.12 bits per heavy atom. The molecule has 1 aliphatic heterocycles. The van der Waals surface area contributed by atoms with Crippen molar-refractivity contribution in [1.82, 2.24) is 15.0 Å². The van der Waals surface area contributed by atoms with Crippen LogP contribution in [-0.4, -0.2) is 60.3 Å². The third-order valence-corrected chi connectivity index (χ3v) is 6.71. The van der Waals surface area contributed by atoms with E-state index in [-0.39, 0.29) is 11.6 Å². The first-order valence-corrected chi connectivity index (χ1v) is 11.6. The number of carbonyl (C=O) groups is 1. The number of fused-ring (bicyclic) bond motifs is 1. The van der Waals surface area contributed by atoms with Crippen LogP contribution in [0.3, 0.4) is 0 Å². The number of benzene rings is 2. The number of amides is 1. The van der Waals surface area contributed by atoms with Gasteiger partial charge in [-0.25, -0.2) is 4.98 Å². The zero-order valence-corrected chi connectivity index (χ0v) is 18.8. The van der Waals surface area contributed by atoms with Gasteiger partial charge in [0.2, 0.25) is 0 Å². The van der Waals surface area contributed by atoms with Crippen molar-refractivity contribution >= 4 is 44.2 Å². The lowest BCUT2D eigenvalue weighted by molar-refractivity contribution is 0.0391. The van der Waals surface area contributed by atoms with Gasteiger partial charge in [-0.1, -0.05) is 64.5 Å². The lowest BCUT2D eigenvalue weighted by atomic mass is 10.1. The molecular weight excluding hydrogens is 448 g/mol. The molecule has 0 aliphatic carbocycles. The molecule has 9 heteroatoms. The molecule has 1 fully saturated rings. The van der Waals surface area contributed by atoms with Crippen LogP contribution in [0.1, 0.15) is 10.5 Å². The molecule has 0 bridgehead atoms. The summed E-state index contributed by atoms with van der Waals surface area (Å²) in [6, 6.07) is 16.9. The van der Waals surface area contributed by atoms with Gasteiger partial charge < -0.3 is 9.26 Å². The molecule has 0 saturated carbocycles. The molecule has 0 atom stereocenters. The summed E-state index contributed by atoms with van der Waals surface area (Å²) in [5, 5.41) is 5.22. The molecule has 2 aromatic carbocycles. The number of carbonyl (C=O) groups excluding carboxylic acids is 1. The summed E-state index contributed by atoms with van der Waals surface area (Å²) in [4.78, 5) is 22.1. The molecule has 1 saturated heterocycles. The Bertz CT molecular complexity index is 1220. The van der Waals surface area contributed by atoms with Gasteiger partial charge in [0.25, 0.3) is 5.91 Å². The molecule has 1 aliphatic rings. The van der Waals surface area contributed by atoms with E-state index in [9.17, 15) is 4.79 Å². The van der Waals surface area contributed by atoms with Gasteiger partial charge in [0.15, 0.2) is 16.6 Å². The molecule has 3 heterocycles. The van der Waals surface area contributed by atoms with Gasteiger partial charge in [0.1, 0.15) is 5.52 Å². The molecule has 0 N–H and O–H groups in total. The topological polar surface area (TPSA) is 71.7 Å². The largest absolute Gasteiger partial charge is 0.379 e. The van der Waals surface area contributed by atoms with Crippen LogP contribution in [0, 0.1) is 0 Å². The van der Waals surface area contributed by atoms with Gasteiger partial charge in [-0.15, -0.1) is 0 Å². The predicted octanol–water partition coefficient (Wildman–Crippen LogP) is 4.58. The summed E-state index contributed by atoms with van der Waals surface area (Å²) < 4.78 is 11.8. The SMILES string of the molecule is O=C(c1cc(-c2ccccc2)on1)N(CCN1CCOCC1)c1nc2c(Cl)cccc2s1. The van der Waals surface area contributed by atoms with Crippen molar-refractivity contribution in [3.05, 3.63) is 65.3 Å². The Morgan fingerprint density at radius 3 is 2.72 bits per heavy atom. The summed E-state index contributed by atoms with van der Waals surface area (Å²) in [6.07, 6.45) is 0. The second-order valence-corrected chi connectivity index (χ2v) is 8.85. The number of ether oxygens (including phenoxy) is 1. The highest BCUT2D eigenvalue weighted by atomic mass is 35.5. The number of halogens is 1. The molecule has 2 aromatic heterocycles. The highest BCUT2D eigenvalue weighted by Crippen LogP contribution is 2.33. The zero-order valence-electron chi connectivity index (χ0n) is 17.2. The quantitative estimate of drug-likeness (QED) is 0.412. The Morgan fingerprint density at radius 2 is 1.94 bits per heavy atom. The Balaban J connectivity index is 1.45. The number of aromatic nitrogens is 2. The number of hydrogen-bond donors (Lipinski definition) is 0. The van der Waals surface area contributed by atoms with E-state index >= 15 is 0 Å². The van der Waals surface area contributed by atoms with E-state index < -0.39 is 0 Å². The van der Waals surface area contributed by atoms with E-state index in [4.69, 9.17) is 20.9 Å². The third kappa shape index (κ3) is 4.40. The number of hydrogen-bond acceptors (Lipinski definition) is 7. The van der Waals surface area contributed by atoms with Gasteiger partial charge in [0, 0.05) is 37.8 Å². The summed E-state index contributed by atoms with van der Waals surface area (Å²) in [5.74, 6) is 0.300. The van der Waals surface area contributed by atoms with E-state index in [1.165, 1.54) is 11.3 Å². The van der Waals surface area contributed by atoms with Gasteiger partial charge in [-0.2, -0.15) is 0 Å². The van der Waals surface area contributed by atoms with Crippen LogP contribution in [0.4, 0.5) is 5.13 Å². The van der Waals surface area contributed by atoms with Crippen LogP contribution in [0.15, 0.2) is 59.1 Å². The minimum atomic E-state index is -0.251. The first kappa shape index (κ1) is 21.1. The molecule has 32 heavy (non-hydrogen) atoms. The first-order valence-electron chi connectivity index (χ1n) is 10.4. The van der Waals surface area contributed by atoms with E-state index in [0.717, 1.165) is 23.4 Å². The molecule has 0 spiro atoms. The van der Waals surface area contributed by atoms with Crippen molar-refractivity contribution in [1.29, 1.82) is 0 Å². The number of morpholine rings is 1. The molecular formula is C23H21ClN4O3S. The molecule has 7 nitrogen and oxygen atoms in total. The second-order valence-electron chi connectivity index (χ2n) is 7.44. The maximum Gasteiger partial charge on any atom is 0.282 e. The van der Waals surface area contributed by atoms with Crippen molar-refractivity contribution < 1.29 is 14.1 Å². The number of rotatable bonds is 6. The van der Waals surface area contributed by atoms with E-state index in [1.54, 1.807) is 17.0 Å². The molecule has 0 unspecified atom stereocenters. The number of nitrogens with zero attached hydrogens (tertiary/aromatic N) is 4.